The van der Waals surface area contributed by atoms with Crippen LogP contribution in [0.4, 0.5) is 8.78 Å². The van der Waals surface area contributed by atoms with Gasteiger partial charge in [-0.05, 0) is 17.2 Å². The molecule has 0 saturated carbocycles. The van der Waals surface area contributed by atoms with Crippen molar-refractivity contribution in [2.45, 2.75) is 13.0 Å². The van der Waals surface area contributed by atoms with Gasteiger partial charge in [0, 0.05) is 34.5 Å². The molecule has 0 unspecified atom stereocenters. The van der Waals surface area contributed by atoms with Crippen molar-refractivity contribution >= 4 is 21.5 Å². The predicted molar refractivity (Wildman–Crippen MR) is 95.0 cm³/mol. The topological polar surface area (TPSA) is 17.8 Å². The summed E-state index contributed by atoms with van der Waals surface area (Å²) < 4.78 is 29.2. The van der Waals surface area contributed by atoms with Gasteiger partial charge < -0.3 is 4.57 Å². The van der Waals surface area contributed by atoms with Crippen molar-refractivity contribution in [3.63, 3.8) is 0 Å². The molecule has 2 aromatic carbocycles. The fraction of sp³-hybridized carbons (Fsp3) is 0.105. The Balaban J connectivity index is 1.98. The van der Waals surface area contributed by atoms with Gasteiger partial charge in [-0.3, -0.25) is 0 Å². The minimum absolute atomic E-state index is 0.0586. The van der Waals surface area contributed by atoms with Gasteiger partial charge >= 0.3 is 0 Å². The van der Waals surface area contributed by atoms with E-state index in [2.05, 4.69) is 27.5 Å². The number of benzene rings is 2. The first-order chi connectivity index (χ1) is 11.6. The van der Waals surface area contributed by atoms with Gasteiger partial charge in [-0.2, -0.15) is 0 Å². The maximum Gasteiger partial charge on any atom is 0.265 e. The number of alkyl halides is 2. The lowest BCUT2D eigenvalue weighted by molar-refractivity contribution is 0.150. The molecule has 0 spiro atoms. The molecule has 0 amide bonds. The van der Waals surface area contributed by atoms with Crippen molar-refractivity contribution < 1.29 is 8.78 Å². The van der Waals surface area contributed by atoms with Gasteiger partial charge in [0.05, 0.1) is 0 Å². The Bertz CT molecular complexity index is 857. The van der Waals surface area contributed by atoms with E-state index in [1.165, 1.54) is 0 Å². The molecule has 3 aromatic rings. The molecule has 122 valence electrons. The summed E-state index contributed by atoms with van der Waals surface area (Å²) in [7, 11) is 0. The number of imidazole rings is 1. The maximum absolute atomic E-state index is 13.4. The molecule has 24 heavy (non-hydrogen) atoms. The van der Waals surface area contributed by atoms with Crippen LogP contribution in [-0.4, -0.2) is 9.55 Å². The molecule has 0 fully saturated rings. The Morgan fingerprint density at radius 3 is 2.58 bits per heavy atom. The van der Waals surface area contributed by atoms with E-state index >= 15 is 0 Å². The lowest BCUT2D eigenvalue weighted by Crippen LogP contribution is -2.06. The Hall–Kier alpha value is -2.27. The highest BCUT2D eigenvalue weighted by atomic mass is 79.9. The Kier molecular flexibility index (Phi) is 4.90. The lowest BCUT2D eigenvalue weighted by Gasteiger charge is -2.15. The van der Waals surface area contributed by atoms with Gasteiger partial charge in [-0.15, -0.1) is 0 Å². The van der Waals surface area contributed by atoms with Crippen molar-refractivity contribution in [2.75, 3.05) is 0 Å². The molecule has 0 aliphatic carbocycles. The molecule has 0 saturated heterocycles. The molecular formula is C19H15BrF2N2. The van der Waals surface area contributed by atoms with Gasteiger partial charge in [0.1, 0.15) is 5.82 Å². The summed E-state index contributed by atoms with van der Waals surface area (Å²) in [5, 5.41) is 0. The highest BCUT2D eigenvalue weighted by Gasteiger charge is 2.20. The van der Waals surface area contributed by atoms with Crippen molar-refractivity contribution in [1.29, 1.82) is 0 Å². The molecule has 0 aliphatic heterocycles. The molecular weight excluding hydrogens is 374 g/mol. The average molecular weight is 389 g/mol. The van der Waals surface area contributed by atoms with Gasteiger partial charge in [-0.25, -0.2) is 13.8 Å². The number of halogens is 3. The third-order valence-electron chi connectivity index (χ3n) is 3.78. The smallest absolute Gasteiger partial charge is 0.265 e. The largest absolute Gasteiger partial charge is 0.327 e. The van der Waals surface area contributed by atoms with Gasteiger partial charge in [0.25, 0.3) is 6.43 Å². The molecule has 5 heteroatoms. The number of hydrogen-bond donors (Lipinski definition) is 0. The van der Waals surface area contributed by atoms with Gasteiger partial charge in [0.15, 0.2) is 0 Å². The van der Waals surface area contributed by atoms with Crippen molar-refractivity contribution in [3.05, 3.63) is 94.5 Å². The first kappa shape index (κ1) is 16.6. The van der Waals surface area contributed by atoms with Crippen molar-refractivity contribution in [2.24, 2.45) is 0 Å². The van der Waals surface area contributed by atoms with Crippen LogP contribution < -0.4 is 0 Å². The van der Waals surface area contributed by atoms with Crippen LogP contribution in [0.25, 0.3) is 5.57 Å². The van der Waals surface area contributed by atoms with E-state index in [0.717, 1.165) is 5.56 Å². The standard InChI is InChI=1S/C19H15BrF2N2/c1-13(15-8-5-9-16(20)17(15)18(21)22)19-23-10-11-24(19)12-14-6-3-2-4-7-14/h2-11,18H,1,12H2. The fourth-order valence-electron chi connectivity index (χ4n) is 2.63. The zero-order valence-corrected chi connectivity index (χ0v) is 14.4. The predicted octanol–water partition coefficient (Wildman–Crippen LogP) is 5.69. The van der Waals surface area contributed by atoms with Crippen molar-refractivity contribution in [1.82, 2.24) is 9.55 Å². The summed E-state index contributed by atoms with van der Waals surface area (Å²) in [6.07, 6.45) is 0.890. The second-order valence-electron chi connectivity index (χ2n) is 5.34. The van der Waals surface area contributed by atoms with E-state index in [0.29, 0.717) is 28.0 Å². The van der Waals surface area contributed by atoms with E-state index in [-0.39, 0.29) is 5.56 Å². The summed E-state index contributed by atoms with van der Waals surface area (Å²) in [5.41, 5.74) is 1.93. The van der Waals surface area contributed by atoms with Gasteiger partial charge in [-0.1, -0.05) is 65.0 Å². The van der Waals surface area contributed by atoms with Gasteiger partial charge in [0.2, 0.25) is 0 Å². The van der Waals surface area contributed by atoms with Crippen LogP contribution in [0.15, 0.2) is 72.0 Å². The van der Waals surface area contributed by atoms with Crippen LogP contribution >= 0.6 is 15.9 Å². The van der Waals surface area contributed by atoms with Crippen molar-refractivity contribution in [3.8, 4) is 0 Å². The van der Waals surface area contributed by atoms with Crippen LogP contribution in [-0.2, 0) is 6.54 Å². The molecule has 2 nitrogen and oxygen atoms in total. The summed E-state index contributed by atoms with van der Waals surface area (Å²) >= 11 is 3.20. The number of nitrogens with zero attached hydrogens (tertiary/aromatic N) is 2. The number of aromatic nitrogens is 2. The third kappa shape index (κ3) is 3.31. The lowest BCUT2D eigenvalue weighted by atomic mass is 10.0. The summed E-state index contributed by atoms with van der Waals surface area (Å²) in [6.45, 7) is 4.62. The van der Waals surface area contributed by atoms with E-state index in [1.807, 2.05) is 41.1 Å². The van der Waals surface area contributed by atoms with E-state index in [1.54, 1.807) is 24.4 Å². The van der Waals surface area contributed by atoms with Crippen LogP contribution in [0.2, 0.25) is 0 Å². The summed E-state index contributed by atoms with van der Waals surface area (Å²) in [4.78, 5) is 4.32. The van der Waals surface area contributed by atoms with Crippen LogP contribution in [0.1, 0.15) is 28.9 Å². The zero-order valence-electron chi connectivity index (χ0n) is 12.8. The molecule has 0 atom stereocenters. The normalized spacial score (nSPS) is 11.0. The SMILES string of the molecule is C=C(c1cccc(Br)c1C(F)F)c1nccn1Cc1ccccc1. The summed E-state index contributed by atoms with van der Waals surface area (Å²) in [5.74, 6) is 0.582. The van der Waals surface area contributed by atoms with Crippen LogP contribution in [0.5, 0.6) is 0 Å². The first-order valence-electron chi connectivity index (χ1n) is 7.39. The average Bonchev–Trinajstić information content (AvgIpc) is 3.02. The van der Waals surface area contributed by atoms with Crippen LogP contribution in [0, 0.1) is 0 Å². The fourth-order valence-corrected chi connectivity index (χ4v) is 3.17. The van der Waals surface area contributed by atoms with Crippen LogP contribution in [0.3, 0.4) is 0 Å². The molecule has 1 heterocycles. The quantitative estimate of drug-likeness (QED) is 0.548. The van der Waals surface area contributed by atoms with E-state index < -0.39 is 6.43 Å². The second-order valence-corrected chi connectivity index (χ2v) is 6.20. The minimum atomic E-state index is -2.59. The molecule has 0 N–H and O–H groups in total. The molecule has 1 aromatic heterocycles. The highest BCUT2D eigenvalue weighted by Crippen LogP contribution is 2.35. The summed E-state index contributed by atoms with van der Waals surface area (Å²) in [6, 6.07) is 14.9. The Morgan fingerprint density at radius 2 is 1.88 bits per heavy atom. The van der Waals surface area contributed by atoms with E-state index in [4.69, 9.17) is 0 Å². The zero-order chi connectivity index (χ0) is 17.1. The second kappa shape index (κ2) is 7.09. The Labute approximate surface area is 147 Å². The highest BCUT2D eigenvalue weighted by molar-refractivity contribution is 9.10. The number of rotatable bonds is 5. The maximum atomic E-state index is 13.4. The first-order valence-corrected chi connectivity index (χ1v) is 8.18. The number of hydrogen-bond acceptors (Lipinski definition) is 1. The molecule has 0 bridgehead atoms. The Morgan fingerprint density at radius 1 is 1.12 bits per heavy atom. The third-order valence-corrected chi connectivity index (χ3v) is 4.47. The molecule has 0 radical (unpaired) electrons. The van der Waals surface area contributed by atoms with E-state index in [9.17, 15) is 8.78 Å². The molecule has 0 aliphatic rings. The monoisotopic (exact) mass is 388 g/mol. The molecule has 3 rings (SSSR count). The minimum Gasteiger partial charge on any atom is -0.327 e.